The summed E-state index contributed by atoms with van der Waals surface area (Å²) >= 11 is 6.05. The van der Waals surface area contributed by atoms with Gasteiger partial charge in [-0.1, -0.05) is 24.9 Å². The number of imidazole rings is 1. The van der Waals surface area contributed by atoms with Gasteiger partial charge >= 0.3 is 0 Å². The molecule has 3 aromatic rings. The molecule has 0 saturated carbocycles. The first-order valence-electron chi connectivity index (χ1n) is 7.76. The van der Waals surface area contributed by atoms with Crippen molar-refractivity contribution in [3.05, 3.63) is 52.9 Å². The molecular weight excluding hydrogens is 324 g/mol. The predicted octanol–water partition coefficient (Wildman–Crippen LogP) is 4.41. The number of aryl methyl sites for hydroxylation is 1. The molecule has 3 rings (SSSR count). The monoisotopic (exact) mass is 340 g/mol. The Balaban J connectivity index is 1.98. The van der Waals surface area contributed by atoms with Gasteiger partial charge in [-0.3, -0.25) is 0 Å². The van der Waals surface area contributed by atoms with Crippen molar-refractivity contribution in [2.45, 2.75) is 25.9 Å². The number of hydrogen-bond acceptors (Lipinski definition) is 4. The van der Waals surface area contributed by atoms with Gasteiger partial charge in [0.25, 0.3) is 0 Å². The fraction of sp³-hybridized carbons (Fsp3) is 0.278. The van der Waals surface area contributed by atoms with Gasteiger partial charge in [0.05, 0.1) is 17.6 Å². The van der Waals surface area contributed by atoms with Crippen LogP contribution in [0.2, 0.25) is 5.02 Å². The lowest BCUT2D eigenvalue weighted by molar-refractivity contribution is 0.189. The zero-order chi connectivity index (χ0) is 17.1. The second-order valence-corrected chi connectivity index (χ2v) is 6.02. The summed E-state index contributed by atoms with van der Waals surface area (Å²) < 4.78 is 7.99. The maximum absolute atomic E-state index is 9.27. The van der Waals surface area contributed by atoms with E-state index in [0.29, 0.717) is 16.3 Å². The van der Waals surface area contributed by atoms with Crippen LogP contribution in [0.1, 0.15) is 37.1 Å². The van der Waals surface area contributed by atoms with Crippen molar-refractivity contribution in [1.82, 2.24) is 14.5 Å². The molecule has 0 bridgehead atoms. The highest BCUT2D eigenvalue weighted by molar-refractivity contribution is 6.30. The fourth-order valence-electron chi connectivity index (χ4n) is 2.57. The van der Waals surface area contributed by atoms with Crippen molar-refractivity contribution in [2.75, 3.05) is 0 Å². The lowest BCUT2D eigenvalue weighted by Crippen LogP contribution is -2.10. The van der Waals surface area contributed by atoms with Crippen LogP contribution in [0.3, 0.4) is 0 Å². The molecular formula is C18H17ClN4O. The van der Waals surface area contributed by atoms with E-state index in [9.17, 15) is 5.26 Å². The van der Waals surface area contributed by atoms with Crippen molar-refractivity contribution in [2.24, 2.45) is 7.05 Å². The highest BCUT2D eigenvalue weighted by atomic mass is 35.5. The summed E-state index contributed by atoms with van der Waals surface area (Å²) in [5.74, 6) is 0.482. The Hall–Kier alpha value is -2.58. The third-order valence-corrected chi connectivity index (χ3v) is 4.03. The molecule has 0 aliphatic rings. The van der Waals surface area contributed by atoms with Gasteiger partial charge in [-0.2, -0.15) is 5.26 Å². The first kappa shape index (κ1) is 16.3. The van der Waals surface area contributed by atoms with Crippen LogP contribution in [-0.4, -0.2) is 14.5 Å². The van der Waals surface area contributed by atoms with Gasteiger partial charge in [0.15, 0.2) is 5.65 Å². The molecule has 2 aromatic heterocycles. The standard InChI is InChI=1S/C18H17ClN4O/c1-3-4-16(24-17-9-13(19)6-5-12(17)10-20)14-7-8-15-18(22-14)23(2)11-21-15/h5-9,11,16H,3-4H2,1-2H3. The SMILES string of the molecule is CCCC(Oc1cc(Cl)ccc1C#N)c1ccc2ncn(C)c2n1. The lowest BCUT2D eigenvalue weighted by Gasteiger charge is -2.19. The Labute approximate surface area is 145 Å². The molecule has 0 amide bonds. The highest BCUT2D eigenvalue weighted by Crippen LogP contribution is 2.30. The number of hydrogen-bond donors (Lipinski definition) is 0. The average molecular weight is 341 g/mol. The summed E-state index contributed by atoms with van der Waals surface area (Å²) in [4.78, 5) is 8.97. The summed E-state index contributed by atoms with van der Waals surface area (Å²) in [5, 5.41) is 9.81. The maximum Gasteiger partial charge on any atom is 0.159 e. The molecule has 0 fully saturated rings. The molecule has 0 N–H and O–H groups in total. The number of pyridine rings is 1. The Bertz CT molecular complexity index is 913. The Morgan fingerprint density at radius 2 is 2.17 bits per heavy atom. The molecule has 5 nitrogen and oxygen atoms in total. The van der Waals surface area contributed by atoms with Gasteiger partial charge in [-0.15, -0.1) is 0 Å². The second-order valence-electron chi connectivity index (χ2n) is 5.58. The second kappa shape index (κ2) is 6.90. The normalized spacial score (nSPS) is 12.1. The van der Waals surface area contributed by atoms with Crippen LogP contribution in [0.25, 0.3) is 11.2 Å². The number of nitrogens with zero attached hydrogens (tertiary/aromatic N) is 4. The Morgan fingerprint density at radius 1 is 1.33 bits per heavy atom. The third-order valence-electron chi connectivity index (χ3n) is 3.79. The zero-order valence-electron chi connectivity index (χ0n) is 13.5. The van der Waals surface area contributed by atoms with Crippen LogP contribution in [0.4, 0.5) is 0 Å². The summed E-state index contributed by atoms with van der Waals surface area (Å²) in [6.45, 7) is 2.09. The lowest BCUT2D eigenvalue weighted by atomic mass is 10.1. The van der Waals surface area contributed by atoms with Crippen molar-refractivity contribution in [3.8, 4) is 11.8 Å². The molecule has 1 aromatic carbocycles. The minimum Gasteiger partial charge on any atom is -0.483 e. The van der Waals surface area contributed by atoms with Crippen LogP contribution < -0.4 is 4.74 Å². The summed E-state index contributed by atoms with van der Waals surface area (Å²) in [6.07, 6.45) is 3.20. The van der Waals surface area contributed by atoms with E-state index in [-0.39, 0.29) is 6.10 Å². The molecule has 1 atom stereocenters. The quantitative estimate of drug-likeness (QED) is 0.690. The Kier molecular flexibility index (Phi) is 4.68. The number of fused-ring (bicyclic) bond motifs is 1. The number of ether oxygens (including phenoxy) is 1. The molecule has 0 aliphatic carbocycles. The van der Waals surface area contributed by atoms with Crippen LogP contribution >= 0.6 is 11.6 Å². The van der Waals surface area contributed by atoms with Gasteiger partial charge < -0.3 is 9.30 Å². The minimum absolute atomic E-state index is 0.250. The number of nitriles is 1. The largest absolute Gasteiger partial charge is 0.483 e. The smallest absolute Gasteiger partial charge is 0.159 e. The van der Waals surface area contributed by atoms with Crippen LogP contribution in [-0.2, 0) is 7.05 Å². The van der Waals surface area contributed by atoms with E-state index in [1.165, 1.54) is 0 Å². The van der Waals surface area contributed by atoms with Crippen molar-refractivity contribution in [3.63, 3.8) is 0 Å². The van der Waals surface area contributed by atoms with Gasteiger partial charge in [-0.25, -0.2) is 9.97 Å². The van der Waals surface area contributed by atoms with E-state index in [0.717, 1.165) is 29.7 Å². The van der Waals surface area contributed by atoms with Gasteiger partial charge in [0, 0.05) is 18.1 Å². The molecule has 0 saturated heterocycles. The number of halogens is 1. The molecule has 1 unspecified atom stereocenters. The van der Waals surface area contributed by atoms with E-state index < -0.39 is 0 Å². The molecule has 122 valence electrons. The first-order chi connectivity index (χ1) is 11.6. The van der Waals surface area contributed by atoms with Crippen molar-refractivity contribution in [1.29, 1.82) is 5.26 Å². The summed E-state index contributed by atoms with van der Waals surface area (Å²) in [6, 6.07) is 11.0. The number of rotatable bonds is 5. The van der Waals surface area contributed by atoms with E-state index in [2.05, 4.69) is 23.0 Å². The molecule has 2 heterocycles. The van der Waals surface area contributed by atoms with E-state index in [1.807, 2.05) is 23.7 Å². The molecule has 24 heavy (non-hydrogen) atoms. The number of aromatic nitrogens is 3. The highest BCUT2D eigenvalue weighted by Gasteiger charge is 2.18. The first-order valence-corrected chi connectivity index (χ1v) is 8.14. The van der Waals surface area contributed by atoms with Crippen molar-refractivity contribution < 1.29 is 4.74 Å². The number of benzene rings is 1. The van der Waals surface area contributed by atoms with E-state index in [4.69, 9.17) is 16.3 Å². The van der Waals surface area contributed by atoms with E-state index in [1.54, 1.807) is 24.5 Å². The van der Waals surface area contributed by atoms with Crippen LogP contribution in [0.15, 0.2) is 36.7 Å². The van der Waals surface area contributed by atoms with Crippen molar-refractivity contribution >= 4 is 22.8 Å². The van der Waals surface area contributed by atoms with Gasteiger partial charge in [-0.05, 0) is 30.7 Å². The predicted molar refractivity (Wildman–Crippen MR) is 93.0 cm³/mol. The average Bonchev–Trinajstić information content (AvgIpc) is 2.95. The van der Waals surface area contributed by atoms with E-state index >= 15 is 0 Å². The fourth-order valence-corrected chi connectivity index (χ4v) is 2.73. The molecule has 0 spiro atoms. The third kappa shape index (κ3) is 3.19. The van der Waals surface area contributed by atoms with Crippen LogP contribution in [0, 0.1) is 11.3 Å². The van der Waals surface area contributed by atoms with Crippen LogP contribution in [0.5, 0.6) is 5.75 Å². The molecule has 0 radical (unpaired) electrons. The molecule has 0 aliphatic heterocycles. The molecule has 6 heteroatoms. The maximum atomic E-state index is 9.27. The summed E-state index contributed by atoms with van der Waals surface area (Å²) in [7, 11) is 1.91. The minimum atomic E-state index is -0.250. The summed E-state index contributed by atoms with van der Waals surface area (Å²) in [5.41, 5.74) is 2.93. The van der Waals surface area contributed by atoms with Gasteiger partial charge in [0.1, 0.15) is 23.4 Å². The Morgan fingerprint density at radius 3 is 2.92 bits per heavy atom. The zero-order valence-corrected chi connectivity index (χ0v) is 14.3. The van der Waals surface area contributed by atoms with Gasteiger partial charge in [0.2, 0.25) is 0 Å². The topological polar surface area (TPSA) is 63.7 Å².